The van der Waals surface area contributed by atoms with Crippen LogP contribution in [0.3, 0.4) is 0 Å². The molecule has 2 heterocycles. The first-order valence-electron chi connectivity index (χ1n) is 8.78. The van der Waals surface area contributed by atoms with E-state index in [4.69, 9.17) is 32.7 Å². The lowest BCUT2D eigenvalue weighted by Gasteiger charge is -2.10. The predicted octanol–water partition coefficient (Wildman–Crippen LogP) is 6.04. The van der Waals surface area contributed by atoms with E-state index in [9.17, 15) is 0 Å². The zero-order chi connectivity index (χ0) is 19.5. The van der Waals surface area contributed by atoms with Gasteiger partial charge in [-0.3, -0.25) is 0 Å². The summed E-state index contributed by atoms with van der Waals surface area (Å²) in [7, 11) is 1.95. The SMILES string of the molecule is Cn1cc(OCc2ccc(OCc3ccc(Cl)cc3)c(Cl)c2)c2cccnc21. The van der Waals surface area contributed by atoms with Crippen LogP contribution >= 0.6 is 23.2 Å². The first kappa shape index (κ1) is 18.7. The van der Waals surface area contributed by atoms with E-state index in [-0.39, 0.29) is 0 Å². The van der Waals surface area contributed by atoms with E-state index in [1.165, 1.54) is 0 Å². The Morgan fingerprint density at radius 1 is 0.893 bits per heavy atom. The Kier molecular flexibility index (Phi) is 5.42. The van der Waals surface area contributed by atoms with Gasteiger partial charge in [0.1, 0.15) is 30.4 Å². The number of rotatable bonds is 6. The molecule has 6 heteroatoms. The highest BCUT2D eigenvalue weighted by Crippen LogP contribution is 2.29. The second-order valence-corrected chi connectivity index (χ2v) is 7.29. The van der Waals surface area contributed by atoms with Gasteiger partial charge in [0.2, 0.25) is 0 Å². The molecule has 0 bridgehead atoms. The van der Waals surface area contributed by atoms with Gasteiger partial charge in [-0.05, 0) is 47.5 Å². The fourth-order valence-corrected chi connectivity index (χ4v) is 3.33. The van der Waals surface area contributed by atoms with E-state index in [2.05, 4.69) is 4.98 Å². The molecule has 2 aromatic heterocycles. The maximum atomic E-state index is 6.39. The van der Waals surface area contributed by atoms with Crippen molar-refractivity contribution in [3.8, 4) is 11.5 Å². The molecule has 142 valence electrons. The molecule has 2 aromatic carbocycles. The first-order valence-corrected chi connectivity index (χ1v) is 9.54. The number of pyridine rings is 1. The molecule has 0 radical (unpaired) electrons. The average Bonchev–Trinajstić information content (AvgIpc) is 3.03. The smallest absolute Gasteiger partial charge is 0.146 e. The number of halogens is 2. The molecule has 0 unspecified atom stereocenters. The van der Waals surface area contributed by atoms with Crippen LogP contribution in [0.1, 0.15) is 11.1 Å². The fraction of sp³-hybridized carbons (Fsp3) is 0.136. The molecule has 4 nitrogen and oxygen atoms in total. The Bertz CT molecular complexity index is 1110. The minimum atomic E-state index is 0.408. The van der Waals surface area contributed by atoms with Crippen molar-refractivity contribution in [3.63, 3.8) is 0 Å². The van der Waals surface area contributed by atoms with Crippen molar-refractivity contribution in [2.45, 2.75) is 13.2 Å². The van der Waals surface area contributed by atoms with Crippen molar-refractivity contribution in [3.05, 3.63) is 88.2 Å². The molecule has 0 amide bonds. The van der Waals surface area contributed by atoms with Crippen molar-refractivity contribution >= 4 is 34.2 Å². The number of fused-ring (bicyclic) bond motifs is 1. The number of aromatic nitrogens is 2. The van der Waals surface area contributed by atoms with E-state index in [0.29, 0.717) is 29.0 Å². The lowest BCUT2D eigenvalue weighted by Crippen LogP contribution is -1.98. The van der Waals surface area contributed by atoms with Crippen molar-refractivity contribution in [2.24, 2.45) is 7.05 Å². The summed E-state index contributed by atoms with van der Waals surface area (Å²) in [6.45, 7) is 0.834. The molecule has 0 saturated carbocycles. The number of hydrogen-bond donors (Lipinski definition) is 0. The van der Waals surface area contributed by atoms with Crippen molar-refractivity contribution in [1.82, 2.24) is 9.55 Å². The molecule has 0 fully saturated rings. The Balaban J connectivity index is 1.42. The topological polar surface area (TPSA) is 36.3 Å². The summed E-state index contributed by atoms with van der Waals surface area (Å²) in [5, 5.41) is 2.24. The van der Waals surface area contributed by atoms with Crippen molar-refractivity contribution in [1.29, 1.82) is 0 Å². The lowest BCUT2D eigenvalue weighted by molar-refractivity contribution is 0.302. The zero-order valence-corrected chi connectivity index (χ0v) is 16.7. The Hall–Kier alpha value is -2.69. The van der Waals surface area contributed by atoms with Crippen LogP contribution in [-0.4, -0.2) is 9.55 Å². The lowest BCUT2D eigenvalue weighted by atomic mass is 10.2. The van der Waals surface area contributed by atoms with Crippen LogP contribution in [0, 0.1) is 0 Å². The Morgan fingerprint density at radius 2 is 1.61 bits per heavy atom. The van der Waals surface area contributed by atoms with Gasteiger partial charge in [-0.15, -0.1) is 0 Å². The maximum Gasteiger partial charge on any atom is 0.146 e. The van der Waals surface area contributed by atoms with Crippen LogP contribution in [0.2, 0.25) is 10.0 Å². The Morgan fingerprint density at radius 3 is 2.39 bits per heavy atom. The fourth-order valence-electron chi connectivity index (χ4n) is 2.95. The van der Waals surface area contributed by atoms with Gasteiger partial charge in [-0.25, -0.2) is 4.98 Å². The van der Waals surface area contributed by atoms with Gasteiger partial charge in [0.05, 0.1) is 10.4 Å². The third-order valence-corrected chi connectivity index (χ3v) is 4.94. The molecule has 4 rings (SSSR count). The van der Waals surface area contributed by atoms with Crippen LogP contribution in [0.25, 0.3) is 11.0 Å². The summed E-state index contributed by atoms with van der Waals surface area (Å²) in [6.07, 6.45) is 3.71. The minimum Gasteiger partial charge on any atom is -0.487 e. The minimum absolute atomic E-state index is 0.408. The van der Waals surface area contributed by atoms with Gasteiger partial charge in [0.15, 0.2) is 0 Å². The molecule has 0 N–H and O–H groups in total. The van der Waals surface area contributed by atoms with E-state index in [1.807, 2.05) is 72.4 Å². The van der Waals surface area contributed by atoms with Gasteiger partial charge in [0.25, 0.3) is 0 Å². The van der Waals surface area contributed by atoms with Crippen LogP contribution in [-0.2, 0) is 20.3 Å². The van der Waals surface area contributed by atoms with Gasteiger partial charge >= 0.3 is 0 Å². The van der Waals surface area contributed by atoms with E-state index < -0.39 is 0 Å². The molecular formula is C22H18Cl2N2O2. The molecular weight excluding hydrogens is 395 g/mol. The molecule has 4 aromatic rings. The number of nitrogens with zero attached hydrogens (tertiary/aromatic N) is 2. The zero-order valence-electron chi connectivity index (χ0n) is 15.2. The normalized spacial score (nSPS) is 11.0. The van der Waals surface area contributed by atoms with Crippen LogP contribution in [0.5, 0.6) is 11.5 Å². The second kappa shape index (κ2) is 8.13. The predicted molar refractivity (Wildman–Crippen MR) is 112 cm³/mol. The number of ether oxygens (including phenoxy) is 2. The standard InChI is InChI=1S/C22H18Cl2N2O2/c1-26-12-21(18-3-2-10-25-22(18)26)28-14-16-6-9-20(19(24)11-16)27-13-15-4-7-17(23)8-5-15/h2-12H,13-14H2,1H3. The largest absolute Gasteiger partial charge is 0.487 e. The third kappa shape index (κ3) is 4.08. The molecule has 0 aliphatic carbocycles. The highest BCUT2D eigenvalue weighted by atomic mass is 35.5. The Labute approximate surface area is 173 Å². The number of hydrogen-bond acceptors (Lipinski definition) is 3. The van der Waals surface area contributed by atoms with Gasteiger partial charge < -0.3 is 14.0 Å². The molecule has 28 heavy (non-hydrogen) atoms. The average molecular weight is 413 g/mol. The van der Waals surface area contributed by atoms with Crippen molar-refractivity contribution < 1.29 is 9.47 Å². The molecule has 0 aliphatic rings. The van der Waals surface area contributed by atoms with Crippen LogP contribution in [0.15, 0.2) is 67.0 Å². The summed E-state index contributed by atoms with van der Waals surface area (Å²) < 4.78 is 13.8. The second-order valence-electron chi connectivity index (χ2n) is 6.45. The van der Waals surface area contributed by atoms with Crippen molar-refractivity contribution in [2.75, 3.05) is 0 Å². The molecule has 0 aliphatic heterocycles. The van der Waals surface area contributed by atoms with E-state index in [1.54, 1.807) is 6.20 Å². The van der Waals surface area contributed by atoms with E-state index in [0.717, 1.165) is 27.9 Å². The quantitative estimate of drug-likeness (QED) is 0.387. The molecule has 0 spiro atoms. The molecule has 0 saturated heterocycles. The number of aryl methyl sites for hydroxylation is 1. The summed E-state index contributed by atoms with van der Waals surface area (Å²) >= 11 is 12.3. The summed E-state index contributed by atoms with van der Waals surface area (Å²) in [5.41, 5.74) is 2.88. The summed E-state index contributed by atoms with van der Waals surface area (Å²) in [4.78, 5) is 4.37. The maximum absolute atomic E-state index is 6.39. The summed E-state index contributed by atoms with van der Waals surface area (Å²) in [6, 6.07) is 17.1. The van der Waals surface area contributed by atoms with Gasteiger partial charge in [-0.2, -0.15) is 0 Å². The number of benzene rings is 2. The third-order valence-electron chi connectivity index (χ3n) is 4.40. The first-order chi connectivity index (χ1) is 13.6. The van der Waals surface area contributed by atoms with Crippen LogP contribution < -0.4 is 9.47 Å². The van der Waals surface area contributed by atoms with E-state index >= 15 is 0 Å². The van der Waals surface area contributed by atoms with Gasteiger partial charge in [0, 0.05) is 24.5 Å². The van der Waals surface area contributed by atoms with Gasteiger partial charge in [-0.1, -0.05) is 41.4 Å². The monoisotopic (exact) mass is 412 g/mol. The summed E-state index contributed by atoms with van der Waals surface area (Å²) in [5.74, 6) is 1.43. The highest BCUT2D eigenvalue weighted by molar-refractivity contribution is 6.32. The molecule has 0 atom stereocenters. The van der Waals surface area contributed by atoms with Crippen LogP contribution in [0.4, 0.5) is 0 Å². The highest BCUT2D eigenvalue weighted by Gasteiger charge is 2.09.